The van der Waals surface area contributed by atoms with Crippen molar-refractivity contribution in [3.8, 4) is 5.88 Å². The number of carbonyl (C=O) groups excluding carboxylic acids is 1. The summed E-state index contributed by atoms with van der Waals surface area (Å²) in [6.45, 7) is 1.15. The van der Waals surface area contributed by atoms with Crippen LogP contribution in [0.4, 0.5) is 4.79 Å². The topological polar surface area (TPSA) is 67.3 Å². The number of amides is 2. The van der Waals surface area contributed by atoms with E-state index in [4.69, 9.17) is 4.74 Å². The zero-order valence-electron chi connectivity index (χ0n) is 13.1. The normalized spacial score (nSPS) is 17.8. The van der Waals surface area contributed by atoms with Gasteiger partial charge >= 0.3 is 6.03 Å². The maximum atomic E-state index is 12.6. The number of rotatable bonds is 4. The van der Waals surface area contributed by atoms with Crippen molar-refractivity contribution >= 4 is 17.4 Å². The van der Waals surface area contributed by atoms with Crippen LogP contribution in [0.2, 0.25) is 0 Å². The average Bonchev–Trinajstić information content (AvgIpc) is 3.14. The van der Waals surface area contributed by atoms with E-state index in [2.05, 4.69) is 15.3 Å². The van der Waals surface area contributed by atoms with Crippen molar-refractivity contribution in [2.45, 2.75) is 31.8 Å². The minimum Gasteiger partial charge on any atom is -0.481 e. The summed E-state index contributed by atoms with van der Waals surface area (Å²) in [5.41, 5.74) is 0.778. The molecule has 122 valence electrons. The first-order chi connectivity index (χ1) is 11.3. The van der Waals surface area contributed by atoms with E-state index in [0.29, 0.717) is 12.4 Å². The fourth-order valence-corrected chi connectivity index (χ4v) is 3.55. The highest BCUT2D eigenvalue weighted by Crippen LogP contribution is 2.31. The number of hydrogen-bond donors (Lipinski definition) is 1. The Hall–Kier alpha value is -2.15. The third-order valence-corrected chi connectivity index (χ3v) is 4.79. The number of likely N-dealkylation sites (tertiary alicyclic amines) is 1. The van der Waals surface area contributed by atoms with Gasteiger partial charge in [-0.15, -0.1) is 11.3 Å². The number of piperidine rings is 1. The average molecular weight is 332 g/mol. The van der Waals surface area contributed by atoms with Crippen LogP contribution >= 0.6 is 11.3 Å². The van der Waals surface area contributed by atoms with Gasteiger partial charge < -0.3 is 15.0 Å². The molecule has 1 atom stereocenters. The van der Waals surface area contributed by atoms with Crippen LogP contribution in [0.15, 0.2) is 29.8 Å². The minimum atomic E-state index is -0.0606. The van der Waals surface area contributed by atoms with Crippen LogP contribution in [0.1, 0.15) is 36.0 Å². The Morgan fingerprint density at radius 2 is 2.39 bits per heavy atom. The first kappa shape index (κ1) is 15.7. The second-order valence-corrected chi connectivity index (χ2v) is 6.33. The third kappa shape index (κ3) is 3.79. The van der Waals surface area contributed by atoms with Gasteiger partial charge in [0.15, 0.2) is 0 Å². The second kappa shape index (κ2) is 7.41. The fourth-order valence-electron chi connectivity index (χ4n) is 2.77. The Morgan fingerprint density at radius 3 is 3.17 bits per heavy atom. The molecule has 3 rings (SSSR count). The molecule has 1 aliphatic rings. The highest BCUT2D eigenvalue weighted by molar-refractivity contribution is 7.09. The maximum Gasteiger partial charge on any atom is 0.318 e. The van der Waals surface area contributed by atoms with Crippen molar-refractivity contribution in [1.82, 2.24) is 20.2 Å². The molecule has 3 heterocycles. The van der Waals surface area contributed by atoms with Crippen molar-refractivity contribution in [3.05, 3.63) is 40.5 Å². The molecule has 1 fully saturated rings. The van der Waals surface area contributed by atoms with Crippen LogP contribution in [0, 0.1) is 0 Å². The molecular weight excluding hydrogens is 312 g/mol. The van der Waals surface area contributed by atoms with Crippen molar-refractivity contribution in [2.24, 2.45) is 0 Å². The zero-order valence-corrected chi connectivity index (χ0v) is 13.9. The number of nitrogens with one attached hydrogen (secondary N) is 1. The van der Waals surface area contributed by atoms with Crippen molar-refractivity contribution in [3.63, 3.8) is 0 Å². The molecule has 0 radical (unpaired) electrons. The molecule has 2 aromatic heterocycles. The van der Waals surface area contributed by atoms with Gasteiger partial charge in [0.05, 0.1) is 25.4 Å². The SMILES string of the molecule is COc1cccc(CNC(=O)N2CCCC[C@@H]2c2nccs2)n1. The van der Waals surface area contributed by atoms with Crippen LogP contribution in [0.3, 0.4) is 0 Å². The van der Waals surface area contributed by atoms with Crippen LogP contribution in [-0.4, -0.2) is 34.6 Å². The molecule has 6 nitrogen and oxygen atoms in total. The number of hydrogen-bond acceptors (Lipinski definition) is 5. The molecule has 0 spiro atoms. The molecule has 7 heteroatoms. The Balaban J connectivity index is 1.64. The van der Waals surface area contributed by atoms with E-state index >= 15 is 0 Å². The zero-order chi connectivity index (χ0) is 16.1. The molecule has 1 aliphatic heterocycles. The number of carbonyl (C=O) groups is 1. The number of aromatic nitrogens is 2. The van der Waals surface area contributed by atoms with Gasteiger partial charge in [0.25, 0.3) is 0 Å². The summed E-state index contributed by atoms with van der Waals surface area (Å²) >= 11 is 1.61. The highest BCUT2D eigenvalue weighted by Gasteiger charge is 2.29. The highest BCUT2D eigenvalue weighted by atomic mass is 32.1. The minimum absolute atomic E-state index is 0.0606. The van der Waals surface area contributed by atoms with Crippen molar-refractivity contribution in [2.75, 3.05) is 13.7 Å². The van der Waals surface area contributed by atoms with Crippen LogP contribution in [0.5, 0.6) is 5.88 Å². The molecule has 0 aromatic carbocycles. The number of thiazole rings is 1. The molecule has 0 unspecified atom stereocenters. The van der Waals surface area contributed by atoms with Gasteiger partial charge in [-0.1, -0.05) is 6.07 Å². The van der Waals surface area contributed by atoms with Crippen LogP contribution < -0.4 is 10.1 Å². The van der Waals surface area contributed by atoms with E-state index in [1.165, 1.54) is 0 Å². The lowest BCUT2D eigenvalue weighted by atomic mass is 10.0. The van der Waals surface area contributed by atoms with E-state index in [1.54, 1.807) is 30.7 Å². The summed E-state index contributed by atoms with van der Waals surface area (Å²) in [6.07, 6.45) is 4.93. The Bertz CT molecular complexity index is 647. The maximum absolute atomic E-state index is 12.6. The van der Waals surface area contributed by atoms with Crippen LogP contribution in [-0.2, 0) is 6.54 Å². The van der Waals surface area contributed by atoms with Crippen LogP contribution in [0.25, 0.3) is 0 Å². The molecule has 2 amide bonds. The fraction of sp³-hybridized carbons (Fsp3) is 0.438. The number of methoxy groups -OCH3 is 1. The van der Waals surface area contributed by atoms with Gasteiger partial charge in [0.2, 0.25) is 5.88 Å². The van der Waals surface area contributed by atoms with Gasteiger partial charge in [-0.3, -0.25) is 0 Å². The first-order valence-electron chi connectivity index (χ1n) is 7.71. The Labute approximate surface area is 139 Å². The quantitative estimate of drug-likeness (QED) is 0.934. The van der Waals surface area contributed by atoms with Gasteiger partial charge in [-0.2, -0.15) is 0 Å². The smallest absolute Gasteiger partial charge is 0.318 e. The summed E-state index contributed by atoms with van der Waals surface area (Å²) in [5, 5.41) is 5.93. The lowest BCUT2D eigenvalue weighted by Gasteiger charge is -2.34. The van der Waals surface area contributed by atoms with E-state index in [1.807, 2.05) is 22.4 Å². The summed E-state index contributed by atoms with van der Waals surface area (Å²) < 4.78 is 5.10. The monoisotopic (exact) mass is 332 g/mol. The summed E-state index contributed by atoms with van der Waals surface area (Å²) in [5.74, 6) is 0.551. The van der Waals surface area contributed by atoms with Crippen molar-refractivity contribution < 1.29 is 9.53 Å². The summed E-state index contributed by atoms with van der Waals surface area (Å²) in [6, 6.07) is 5.55. The Morgan fingerprint density at radius 1 is 1.48 bits per heavy atom. The molecule has 23 heavy (non-hydrogen) atoms. The Kier molecular flexibility index (Phi) is 5.07. The van der Waals surface area contributed by atoms with Gasteiger partial charge in [0.1, 0.15) is 5.01 Å². The standard InChI is InChI=1S/C16H20N4O2S/c1-22-14-7-4-5-12(19-14)11-18-16(21)20-9-3-2-6-13(20)15-17-8-10-23-15/h4-5,7-8,10,13H,2-3,6,9,11H2,1H3,(H,18,21)/t13-/m1/s1. The predicted molar refractivity (Wildman–Crippen MR) is 88.4 cm³/mol. The van der Waals surface area contributed by atoms with Crippen molar-refractivity contribution in [1.29, 1.82) is 0 Å². The van der Waals surface area contributed by atoms with E-state index in [-0.39, 0.29) is 12.1 Å². The number of ether oxygens (including phenoxy) is 1. The number of urea groups is 1. The van der Waals surface area contributed by atoms with E-state index < -0.39 is 0 Å². The lowest BCUT2D eigenvalue weighted by molar-refractivity contribution is 0.151. The third-order valence-electron chi connectivity index (χ3n) is 3.91. The van der Waals surface area contributed by atoms with E-state index in [0.717, 1.165) is 36.5 Å². The largest absolute Gasteiger partial charge is 0.481 e. The molecule has 1 N–H and O–H groups in total. The lowest BCUT2D eigenvalue weighted by Crippen LogP contribution is -2.44. The molecule has 0 bridgehead atoms. The summed E-state index contributed by atoms with van der Waals surface area (Å²) in [4.78, 5) is 23.1. The molecule has 0 aliphatic carbocycles. The number of nitrogens with zero attached hydrogens (tertiary/aromatic N) is 3. The number of pyridine rings is 1. The van der Waals surface area contributed by atoms with Gasteiger partial charge in [-0.05, 0) is 25.3 Å². The second-order valence-electron chi connectivity index (χ2n) is 5.41. The van der Waals surface area contributed by atoms with Gasteiger partial charge in [-0.25, -0.2) is 14.8 Å². The molecule has 2 aromatic rings. The predicted octanol–water partition coefficient (Wildman–Crippen LogP) is 2.98. The first-order valence-corrected chi connectivity index (χ1v) is 8.59. The molecule has 0 saturated carbocycles. The summed E-state index contributed by atoms with van der Waals surface area (Å²) in [7, 11) is 1.58. The van der Waals surface area contributed by atoms with E-state index in [9.17, 15) is 4.79 Å². The molecule has 1 saturated heterocycles. The van der Waals surface area contributed by atoms with Gasteiger partial charge in [0, 0.05) is 24.2 Å². The molecular formula is C16H20N4O2S.